The van der Waals surface area contributed by atoms with E-state index in [1.165, 1.54) is 4.88 Å². The Labute approximate surface area is 92.9 Å². The van der Waals surface area contributed by atoms with Crippen molar-refractivity contribution in [2.75, 3.05) is 5.73 Å². The van der Waals surface area contributed by atoms with Crippen molar-refractivity contribution in [2.24, 2.45) is 0 Å². The quantitative estimate of drug-likeness (QED) is 0.836. The first kappa shape index (κ1) is 10.3. The van der Waals surface area contributed by atoms with E-state index in [0.717, 1.165) is 18.0 Å². The van der Waals surface area contributed by atoms with Crippen LogP contribution in [0.3, 0.4) is 0 Å². The normalized spacial score (nSPS) is 12.9. The Kier molecular flexibility index (Phi) is 3.08. The molecule has 2 aromatic heterocycles. The molecule has 0 amide bonds. The van der Waals surface area contributed by atoms with Crippen LogP contribution in [0.1, 0.15) is 23.6 Å². The van der Waals surface area contributed by atoms with Gasteiger partial charge < -0.3 is 15.5 Å². The number of nitrogen functional groups attached to an aromatic ring is 1. The van der Waals surface area contributed by atoms with Crippen molar-refractivity contribution < 1.29 is 4.42 Å². The molecule has 0 aromatic carbocycles. The zero-order chi connectivity index (χ0) is 10.7. The standard InChI is InChI=1S/C11H14N2OS/c1-8(10-3-2-5-14-10)13-7-11-9(12)4-6-15-11/h2-6,8,13H,7,12H2,1H3/t8-/m0/s1. The maximum Gasteiger partial charge on any atom is 0.120 e. The molecule has 80 valence electrons. The van der Waals surface area contributed by atoms with E-state index in [0.29, 0.717) is 0 Å². The van der Waals surface area contributed by atoms with E-state index < -0.39 is 0 Å². The largest absolute Gasteiger partial charge is 0.468 e. The number of hydrogen-bond acceptors (Lipinski definition) is 4. The van der Waals surface area contributed by atoms with Gasteiger partial charge in [0.2, 0.25) is 0 Å². The van der Waals surface area contributed by atoms with Crippen molar-refractivity contribution in [3.63, 3.8) is 0 Å². The van der Waals surface area contributed by atoms with Crippen LogP contribution in [0.5, 0.6) is 0 Å². The van der Waals surface area contributed by atoms with E-state index in [2.05, 4.69) is 12.2 Å². The molecule has 0 radical (unpaired) electrons. The number of furan rings is 1. The van der Waals surface area contributed by atoms with Crippen LogP contribution >= 0.6 is 11.3 Å². The van der Waals surface area contributed by atoms with Crippen LogP contribution in [0.25, 0.3) is 0 Å². The van der Waals surface area contributed by atoms with Crippen LogP contribution in [0.2, 0.25) is 0 Å². The van der Waals surface area contributed by atoms with Crippen molar-refractivity contribution >= 4 is 17.0 Å². The van der Waals surface area contributed by atoms with Gasteiger partial charge in [0.15, 0.2) is 0 Å². The average molecular weight is 222 g/mol. The van der Waals surface area contributed by atoms with Gasteiger partial charge in [-0.2, -0.15) is 0 Å². The maximum absolute atomic E-state index is 5.79. The summed E-state index contributed by atoms with van der Waals surface area (Å²) in [7, 11) is 0. The van der Waals surface area contributed by atoms with Crippen molar-refractivity contribution in [1.82, 2.24) is 5.32 Å². The lowest BCUT2D eigenvalue weighted by atomic mass is 10.2. The van der Waals surface area contributed by atoms with Crippen molar-refractivity contribution in [3.8, 4) is 0 Å². The van der Waals surface area contributed by atoms with Gasteiger partial charge in [0.05, 0.1) is 12.3 Å². The van der Waals surface area contributed by atoms with Gasteiger partial charge in [0.25, 0.3) is 0 Å². The van der Waals surface area contributed by atoms with Crippen LogP contribution in [0, 0.1) is 0 Å². The van der Waals surface area contributed by atoms with Crippen molar-refractivity contribution in [3.05, 3.63) is 40.5 Å². The molecule has 1 atom stereocenters. The fourth-order valence-corrected chi connectivity index (χ4v) is 2.13. The van der Waals surface area contributed by atoms with Gasteiger partial charge in [-0.05, 0) is 30.5 Å². The smallest absolute Gasteiger partial charge is 0.120 e. The summed E-state index contributed by atoms with van der Waals surface area (Å²) in [5, 5.41) is 5.37. The van der Waals surface area contributed by atoms with Crippen molar-refractivity contribution in [2.45, 2.75) is 19.5 Å². The zero-order valence-corrected chi connectivity index (χ0v) is 9.38. The molecule has 0 fully saturated rings. The Bertz CT molecular complexity index is 408. The highest BCUT2D eigenvalue weighted by atomic mass is 32.1. The molecule has 0 saturated heterocycles. The minimum atomic E-state index is 0.210. The molecular formula is C11H14N2OS. The summed E-state index contributed by atoms with van der Waals surface area (Å²) in [6.07, 6.45) is 1.69. The molecule has 15 heavy (non-hydrogen) atoms. The van der Waals surface area contributed by atoms with E-state index in [-0.39, 0.29) is 6.04 Å². The number of hydrogen-bond donors (Lipinski definition) is 2. The van der Waals surface area contributed by atoms with Gasteiger partial charge in [-0.25, -0.2) is 0 Å². The summed E-state index contributed by atoms with van der Waals surface area (Å²) in [6.45, 7) is 2.86. The first-order valence-corrected chi connectivity index (χ1v) is 5.74. The molecule has 2 aromatic rings. The van der Waals surface area contributed by atoms with E-state index >= 15 is 0 Å². The van der Waals surface area contributed by atoms with Crippen LogP contribution in [-0.4, -0.2) is 0 Å². The van der Waals surface area contributed by atoms with Gasteiger partial charge in [0, 0.05) is 17.1 Å². The third-order valence-corrected chi connectivity index (χ3v) is 3.26. The average Bonchev–Trinajstić information content (AvgIpc) is 2.85. The molecule has 0 bridgehead atoms. The highest BCUT2D eigenvalue weighted by Gasteiger charge is 2.08. The highest BCUT2D eigenvalue weighted by Crippen LogP contribution is 2.20. The minimum Gasteiger partial charge on any atom is -0.468 e. The molecule has 3 N–H and O–H groups in total. The number of anilines is 1. The third-order valence-electron chi connectivity index (χ3n) is 2.32. The molecule has 0 spiro atoms. The summed E-state index contributed by atoms with van der Waals surface area (Å²) in [6, 6.07) is 6.00. The van der Waals surface area contributed by atoms with E-state index in [4.69, 9.17) is 10.2 Å². The number of thiophene rings is 1. The SMILES string of the molecule is C[C@H](NCc1sccc1N)c1ccco1. The third kappa shape index (κ3) is 2.40. The monoisotopic (exact) mass is 222 g/mol. The Hall–Kier alpha value is -1.26. The number of nitrogens with two attached hydrogens (primary N) is 1. The Morgan fingerprint density at radius 1 is 1.53 bits per heavy atom. The predicted molar refractivity (Wildman–Crippen MR) is 62.7 cm³/mol. The van der Waals surface area contributed by atoms with Gasteiger partial charge in [-0.15, -0.1) is 11.3 Å². The fraction of sp³-hybridized carbons (Fsp3) is 0.273. The summed E-state index contributed by atoms with van der Waals surface area (Å²) in [5.41, 5.74) is 6.65. The second-order valence-electron chi connectivity index (χ2n) is 3.42. The van der Waals surface area contributed by atoms with Crippen molar-refractivity contribution in [1.29, 1.82) is 0 Å². The zero-order valence-electron chi connectivity index (χ0n) is 8.57. The minimum absolute atomic E-state index is 0.210. The molecule has 3 nitrogen and oxygen atoms in total. The molecule has 2 heterocycles. The number of nitrogens with one attached hydrogen (secondary N) is 1. The summed E-state index contributed by atoms with van der Waals surface area (Å²) in [5.74, 6) is 0.949. The highest BCUT2D eigenvalue weighted by molar-refractivity contribution is 7.10. The lowest BCUT2D eigenvalue weighted by molar-refractivity contribution is 0.431. The summed E-state index contributed by atoms with van der Waals surface area (Å²) in [4.78, 5) is 1.17. The molecular weight excluding hydrogens is 208 g/mol. The first-order chi connectivity index (χ1) is 7.27. The Morgan fingerprint density at radius 2 is 2.40 bits per heavy atom. The number of rotatable bonds is 4. The molecule has 0 saturated carbocycles. The lowest BCUT2D eigenvalue weighted by Gasteiger charge is -2.10. The maximum atomic E-state index is 5.79. The van der Waals surface area contributed by atoms with E-state index in [1.807, 2.05) is 23.6 Å². The van der Waals surface area contributed by atoms with Gasteiger partial charge in [-0.3, -0.25) is 0 Å². The van der Waals surface area contributed by atoms with Crippen LogP contribution in [0.15, 0.2) is 34.3 Å². The second kappa shape index (κ2) is 4.51. The van der Waals surface area contributed by atoms with Gasteiger partial charge >= 0.3 is 0 Å². The molecule has 0 aliphatic rings. The van der Waals surface area contributed by atoms with E-state index in [9.17, 15) is 0 Å². The van der Waals surface area contributed by atoms with Crippen LogP contribution in [-0.2, 0) is 6.54 Å². The molecule has 0 aliphatic heterocycles. The Balaban J connectivity index is 1.91. The molecule has 2 rings (SSSR count). The second-order valence-corrected chi connectivity index (χ2v) is 4.42. The first-order valence-electron chi connectivity index (χ1n) is 4.86. The Morgan fingerprint density at radius 3 is 3.00 bits per heavy atom. The van der Waals surface area contributed by atoms with E-state index in [1.54, 1.807) is 17.6 Å². The van der Waals surface area contributed by atoms with Crippen LogP contribution in [0.4, 0.5) is 5.69 Å². The van der Waals surface area contributed by atoms with Gasteiger partial charge in [-0.1, -0.05) is 0 Å². The summed E-state index contributed by atoms with van der Waals surface area (Å²) < 4.78 is 5.31. The lowest BCUT2D eigenvalue weighted by Crippen LogP contribution is -2.17. The predicted octanol–water partition coefficient (Wildman–Crippen LogP) is 2.77. The molecule has 4 heteroatoms. The molecule has 0 aliphatic carbocycles. The van der Waals surface area contributed by atoms with Gasteiger partial charge in [0.1, 0.15) is 5.76 Å². The van der Waals surface area contributed by atoms with Crippen LogP contribution < -0.4 is 11.1 Å². The fourth-order valence-electron chi connectivity index (χ4n) is 1.38. The topological polar surface area (TPSA) is 51.2 Å². The molecule has 0 unspecified atom stereocenters. The summed E-state index contributed by atoms with van der Waals surface area (Å²) >= 11 is 1.67.